The van der Waals surface area contributed by atoms with E-state index in [1.807, 2.05) is 0 Å². The highest BCUT2D eigenvalue weighted by molar-refractivity contribution is 4.93. The molecule has 0 aromatic heterocycles. The number of hydrogen-bond acceptors (Lipinski definition) is 3. The zero-order valence-electron chi connectivity index (χ0n) is 10.8. The first-order chi connectivity index (χ1) is 7.03. The second-order valence-corrected chi connectivity index (χ2v) is 5.30. The largest absolute Gasteiger partial charge is 0.329 e. The Morgan fingerprint density at radius 1 is 1.47 bits per heavy atom. The summed E-state index contributed by atoms with van der Waals surface area (Å²) in [7, 11) is 4.35. The maximum absolute atomic E-state index is 5.94. The molecular formula is C12H27N3. The second kappa shape index (κ2) is 5.28. The molecule has 1 fully saturated rings. The molecule has 2 N–H and O–H groups in total. The predicted octanol–water partition coefficient (Wildman–Crippen LogP) is 1.14. The van der Waals surface area contributed by atoms with Gasteiger partial charge in [0.1, 0.15) is 0 Å². The van der Waals surface area contributed by atoms with Crippen LogP contribution in [0.3, 0.4) is 0 Å². The summed E-state index contributed by atoms with van der Waals surface area (Å²) in [6.07, 6.45) is 3.72. The first-order valence-electron chi connectivity index (χ1n) is 6.15. The average Bonchev–Trinajstić information content (AvgIpc) is 2.67. The Kier molecular flexibility index (Phi) is 4.56. The van der Waals surface area contributed by atoms with Crippen LogP contribution in [-0.2, 0) is 0 Å². The second-order valence-electron chi connectivity index (χ2n) is 5.30. The molecule has 2 atom stereocenters. The summed E-state index contributed by atoms with van der Waals surface area (Å²) < 4.78 is 0. The van der Waals surface area contributed by atoms with Gasteiger partial charge in [-0.2, -0.15) is 0 Å². The molecular weight excluding hydrogens is 186 g/mol. The van der Waals surface area contributed by atoms with Crippen molar-refractivity contribution in [1.82, 2.24) is 9.80 Å². The molecule has 3 heteroatoms. The van der Waals surface area contributed by atoms with Crippen molar-refractivity contribution < 1.29 is 0 Å². The van der Waals surface area contributed by atoms with Crippen molar-refractivity contribution in [2.24, 2.45) is 5.73 Å². The van der Waals surface area contributed by atoms with E-state index < -0.39 is 0 Å². The number of likely N-dealkylation sites (N-methyl/N-ethyl adjacent to an activating group) is 1. The van der Waals surface area contributed by atoms with Gasteiger partial charge in [-0.3, -0.25) is 4.90 Å². The van der Waals surface area contributed by atoms with Crippen LogP contribution < -0.4 is 5.73 Å². The quantitative estimate of drug-likeness (QED) is 0.743. The number of nitrogens with zero attached hydrogens (tertiary/aromatic N) is 2. The van der Waals surface area contributed by atoms with E-state index in [9.17, 15) is 0 Å². The van der Waals surface area contributed by atoms with Gasteiger partial charge in [0.2, 0.25) is 0 Å². The molecule has 0 aliphatic carbocycles. The van der Waals surface area contributed by atoms with Gasteiger partial charge in [0, 0.05) is 31.2 Å². The lowest BCUT2D eigenvalue weighted by atomic mass is 9.94. The van der Waals surface area contributed by atoms with Crippen molar-refractivity contribution in [3.05, 3.63) is 0 Å². The lowest BCUT2D eigenvalue weighted by molar-refractivity contribution is 0.121. The first-order valence-corrected chi connectivity index (χ1v) is 6.15. The lowest BCUT2D eigenvalue weighted by Gasteiger charge is -2.38. The minimum atomic E-state index is 0.222. The Morgan fingerprint density at radius 3 is 2.53 bits per heavy atom. The molecule has 0 spiro atoms. The molecule has 1 saturated heterocycles. The zero-order valence-corrected chi connectivity index (χ0v) is 10.8. The molecule has 0 aromatic rings. The first kappa shape index (κ1) is 12.9. The Hall–Kier alpha value is -0.120. The van der Waals surface area contributed by atoms with Crippen molar-refractivity contribution in [1.29, 1.82) is 0 Å². The maximum atomic E-state index is 5.94. The third-order valence-corrected chi connectivity index (χ3v) is 3.89. The van der Waals surface area contributed by atoms with Crippen LogP contribution in [0.5, 0.6) is 0 Å². The molecule has 1 heterocycles. The average molecular weight is 213 g/mol. The van der Waals surface area contributed by atoms with Gasteiger partial charge >= 0.3 is 0 Å². The van der Waals surface area contributed by atoms with E-state index >= 15 is 0 Å². The molecule has 0 bridgehead atoms. The van der Waals surface area contributed by atoms with Crippen LogP contribution in [0.15, 0.2) is 0 Å². The molecule has 90 valence electrons. The molecule has 0 saturated carbocycles. The highest BCUT2D eigenvalue weighted by atomic mass is 15.3. The van der Waals surface area contributed by atoms with Gasteiger partial charge < -0.3 is 10.6 Å². The molecule has 2 unspecified atom stereocenters. The Labute approximate surface area is 94.6 Å². The molecule has 1 aliphatic rings. The van der Waals surface area contributed by atoms with E-state index in [0.29, 0.717) is 6.04 Å². The number of nitrogens with two attached hydrogens (primary N) is 1. The normalized spacial score (nSPS) is 27.2. The Balaban J connectivity index is 2.57. The summed E-state index contributed by atoms with van der Waals surface area (Å²) in [6.45, 7) is 7.72. The van der Waals surface area contributed by atoms with Gasteiger partial charge in [-0.1, -0.05) is 13.3 Å². The molecule has 3 nitrogen and oxygen atoms in total. The fourth-order valence-electron chi connectivity index (χ4n) is 2.58. The molecule has 0 radical (unpaired) electrons. The SMILES string of the molecule is CCCC(C)(CN)N1CCC(N(C)C)C1. The number of rotatable bonds is 5. The maximum Gasteiger partial charge on any atom is 0.0304 e. The molecule has 1 aliphatic heterocycles. The fraction of sp³-hybridized carbons (Fsp3) is 1.00. The third-order valence-electron chi connectivity index (χ3n) is 3.89. The van der Waals surface area contributed by atoms with Crippen LogP contribution in [0.25, 0.3) is 0 Å². The van der Waals surface area contributed by atoms with Gasteiger partial charge in [-0.15, -0.1) is 0 Å². The summed E-state index contributed by atoms with van der Waals surface area (Å²) in [6, 6.07) is 0.715. The van der Waals surface area contributed by atoms with Crippen molar-refractivity contribution in [2.45, 2.75) is 44.7 Å². The zero-order chi connectivity index (χ0) is 11.5. The lowest BCUT2D eigenvalue weighted by Crippen LogP contribution is -2.51. The van der Waals surface area contributed by atoms with E-state index in [1.165, 1.54) is 32.4 Å². The fourth-order valence-corrected chi connectivity index (χ4v) is 2.58. The van der Waals surface area contributed by atoms with Gasteiger partial charge in [-0.25, -0.2) is 0 Å². The minimum Gasteiger partial charge on any atom is -0.329 e. The Morgan fingerprint density at radius 2 is 2.13 bits per heavy atom. The van der Waals surface area contributed by atoms with Crippen LogP contribution in [0.4, 0.5) is 0 Å². The van der Waals surface area contributed by atoms with E-state index in [1.54, 1.807) is 0 Å². The summed E-state index contributed by atoms with van der Waals surface area (Å²) in [4.78, 5) is 4.92. The highest BCUT2D eigenvalue weighted by Gasteiger charge is 2.35. The molecule has 1 rings (SSSR count). The minimum absolute atomic E-state index is 0.222. The van der Waals surface area contributed by atoms with E-state index in [4.69, 9.17) is 5.73 Å². The summed E-state index contributed by atoms with van der Waals surface area (Å²) in [5, 5.41) is 0. The van der Waals surface area contributed by atoms with E-state index in [0.717, 1.165) is 6.54 Å². The topological polar surface area (TPSA) is 32.5 Å². The molecule has 15 heavy (non-hydrogen) atoms. The van der Waals surface area contributed by atoms with Crippen molar-refractivity contribution >= 4 is 0 Å². The molecule has 0 aromatic carbocycles. The standard InChI is InChI=1S/C12H27N3/c1-5-7-12(2,10-13)15-8-6-11(9-15)14(3)4/h11H,5-10,13H2,1-4H3. The van der Waals surface area contributed by atoms with Crippen molar-refractivity contribution in [3.63, 3.8) is 0 Å². The van der Waals surface area contributed by atoms with Crippen LogP contribution >= 0.6 is 0 Å². The monoisotopic (exact) mass is 213 g/mol. The van der Waals surface area contributed by atoms with Gasteiger partial charge in [0.05, 0.1) is 0 Å². The van der Waals surface area contributed by atoms with Crippen LogP contribution in [0.2, 0.25) is 0 Å². The summed E-state index contributed by atoms with van der Waals surface area (Å²) in [5.74, 6) is 0. The summed E-state index contributed by atoms with van der Waals surface area (Å²) >= 11 is 0. The Bertz CT molecular complexity index is 193. The van der Waals surface area contributed by atoms with Gasteiger partial charge in [0.15, 0.2) is 0 Å². The molecule has 0 amide bonds. The van der Waals surface area contributed by atoms with Crippen LogP contribution in [-0.4, -0.2) is 55.1 Å². The van der Waals surface area contributed by atoms with E-state index in [-0.39, 0.29) is 5.54 Å². The predicted molar refractivity (Wildman–Crippen MR) is 66.0 cm³/mol. The highest BCUT2D eigenvalue weighted by Crippen LogP contribution is 2.26. The van der Waals surface area contributed by atoms with Crippen molar-refractivity contribution in [3.8, 4) is 0 Å². The van der Waals surface area contributed by atoms with Crippen molar-refractivity contribution in [2.75, 3.05) is 33.7 Å². The van der Waals surface area contributed by atoms with Crippen LogP contribution in [0.1, 0.15) is 33.1 Å². The number of likely N-dealkylation sites (tertiary alicyclic amines) is 1. The van der Waals surface area contributed by atoms with E-state index in [2.05, 4.69) is 37.7 Å². The summed E-state index contributed by atoms with van der Waals surface area (Å²) in [5.41, 5.74) is 6.16. The number of hydrogen-bond donors (Lipinski definition) is 1. The van der Waals surface area contributed by atoms with Crippen LogP contribution in [0, 0.1) is 0 Å². The van der Waals surface area contributed by atoms with Gasteiger partial charge in [0.25, 0.3) is 0 Å². The third kappa shape index (κ3) is 2.92. The smallest absolute Gasteiger partial charge is 0.0304 e. The van der Waals surface area contributed by atoms with Gasteiger partial charge in [-0.05, 0) is 33.9 Å².